The molecule has 1 aromatic carbocycles. The number of hydrogen-bond acceptors (Lipinski definition) is 7. The molecule has 0 unspecified atom stereocenters. The van der Waals surface area contributed by atoms with Crippen LogP contribution in [0.1, 0.15) is 5.56 Å². The van der Waals surface area contributed by atoms with Crippen molar-refractivity contribution in [2.75, 3.05) is 11.9 Å². The molecule has 0 amide bonds. The Morgan fingerprint density at radius 2 is 0.935 bits per heavy atom. The summed E-state index contributed by atoms with van der Waals surface area (Å²) in [6.07, 6.45) is 0. The molecule has 0 saturated carbocycles. The van der Waals surface area contributed by atoms with Gasteiger partial charge in [-0.25, -0.2) is 25.3 Å². The fraction of sp³-hybridized carbons (Fsp3) is 0.500. The molecular weight excluding hydrogens is 521 g/mol. The summed E-state index contributed by atoms with van der Waals surface area (Å²) in [5, 5.41) is 0. The maximum absolute atomic E-state index is 13.3. The van der Waals surface area contributed by atoms with Crippen LogP contribution in [0.2, 0.25) is 0 Å². The minimum absolute atomic E-state index is 0.266. The van der Waals surface area contributed by atoms with E-state index < -0.39 is 65.7 Å². The van der Waals surface area contributed by atoms with E-state index >= 15 is 0 Å². The molecule has 0 aromatic heterocycles. The van der Waals surface area contributed by atoms with Crippen LogP contribution in [-0.2, 0) is 29.5 Å². The first-order valence-corrected chi connectivity index (χ1v) is 11.6. The summed E-state index contributed by atoms with van der Waals surface area (Å²) in [5.74, 6) is 0. The van der Waals surface area contributed by atoms with Gasteiger partial charge < -0.3 is 4.90 Å². The molecule has 31 heavy (non-hydrogen) atoms. The number of halogens is 9. The summed E-state index contributed by atoms with van der Waals surface area (Å²) >= 11 is 0. The third-order valence-corrected chi connectivity index (χ3v) is 12.5. The first-order valence-electron chi connectivity index (χ1n) is 7.15. The number of benzene rings is 1. The molecule has 180 valence electrons. The summed E-state index contributed by atoms with van der Waals surface area (Å²) < 4.78 is 185. The fourth-order valence-corrected chi connectivity index (χ4v) is 9.92. The van der Waals surface area contributed by atoms with Gasteiger partial charge in [0.15, 0.2) is 0 Å². The Kier molecular flexibility index (Phi) is 6.50. The zero-order valence-electron chi connectivity index (χ0n) is 14.8. The highest BCUT2D eigenvalue weighted by Gasteiger charge is 2.85. The van der Waals surface area contributed by atoms with Gasteiger partial charge in [-0.1, -0.05) is 18.2 Å². The Morgan fingerprint density at radius 1 is 0.645 bits per heavy atom. The highest BCUT2D eigenvalue weighted by molar-refractivity contribution is 8.26. The highest BCUT2D eigenvalue weighted by Crippen LogP contribution is 2.53. The van der Waals surface area contributed by atoms with Gasteiger partial charge in [0.1, 0.15) is 0 Å². The molecule has 1 rings (SSSR count). The first-order chi connectivity index (χ1) is 13.4. The van der Waals surface area contributed by atoms with E-state index in [2.05, 4.69) is 0 Å². The lowest BCUT2D eigenvalue weighted by molar-refractivity contribution is -0.0514. The van der Waals surface area contributed by atoms with Crippen LogP contribution in [0.4, 0.5) is 45.2 Å². The number of nitrogens with zero attached hydrogens (tertiary/aromatic N) is 1. The van der Waals surface area contributed by atoms with Crippen molar-refractivity contribution >= 4 is 35.2 Å². The fourth-order valence-electron chi connectivity index (χ4n) is 2.50. The molecule has 1 aromatic rings. The van der Waals surface area contributed by atoms with E-state index in [0.29, 0.717) is 6.07 Å². The van der Waals surface area contributed by atoms with Gasteiger partial charge in [0.25, 0.3) is 0 Å². The number of aryl methyl sites for hydroxylation is 1. The molecule has 0 spiro atoms. The van der Waals surface area contributed by atoms with Gasteiger partial charge in [0, 0.05) is 12.7 Å². The van der Waals surface area contributed by atoms with Crippen molar-refractivity contribution in [2.45, 2.75) is 27.0 Å². The number of para-hydroxylation sites is 1. The standard InChI is InChI=1S/C12H10F9NO6S3/c1-7-5-3-4-6-8(7)22(2)12(29(23,24)9(13,14)15,30(25,26)10(16,17)18)31(27,28)11(19,20)21/h3-6H,1-2H3. The van der Waals surface area contributed by atoms with Crippen LogP contribution < -0.4 is 4.90 Å². The molecule has 0 N–H and O–H groups in total. The SMILES string of the molecule is Cc1ccccc1N(C)C(S(=O)(=O)C(F)(F)F)(S(=O)(=O)C(F)(F)F)S(=O)(=O)C(F)(F)F. The third-order valence-electron chi connectivity index (χ3n) is 3.82. The predicted octanol–water partition coefficient (Wildman–Crippen LogP) is 2.85. The van der Waals surface area contributed by atoms with Crippen LogP contribution in [0.3, 0.4) is 0 Å². The minimum Gasteiger partial charge on any atom is -0.330 e. The summed E-state index contributed by atoms with van der Waals surface area (Å²) in [6, 6.07) is 3.07. The molecule has 0 aliphatic carbocycles. The Hall–Kier alpha value is -1.76. The number of sulfone groups is 3. The Balaban J connectivity index is 4.62. The highest BCUT2D eigenvalue weighted by atomic mass is 32.3. The van der Waals surface area contributed by atoms with Crippen molar-refractivity contribution in [3.8, 4) is 0 Å². The van der Waals surface area contributed by atoms with E-state index in [9.17, 15) is 64.8 Å². The van der Waals surface area contributed by atoms with Gasteiger partial charge in [0.2, 0.25) is 0 Å². The molecule has 7 nitrogen and oxygen atoms in total. The second-order valence-corrected chi connectivity index (χ2v) is 12.7. The molecule has 0 bridgehead atoms. The molecule has 0 radical (unpaired) electrons. The Labute approximate surface area is 169 Å². The van der Waals surface area contributed by atoms with Crippen molar-refractivity contribution in [1.29, 1.82) is 0 Å². The monoisotopic (exact) mass is 531 g/mol. The smallest absolute Gasteiger partial charge is 0.330 e. The van der Waals surface area contributed by atoms with Crippen LogP contribution in [0, 0.1) is 6.92 Å². The second-order valence-electron chi connectivity index (χ2n) is 5.72. The molecule has 0 atom stereocenters. The average molecular weight is 531 g/mol. The summed E-state index contributed by atoms with van der Waals surface area (Å²) in [4.78, 5) is -1.23. The minimum atomic E-state index is -8.34. The van der Waals surface area contributed by atoms with E-state index in [1.807, 2.05) is 0 Å². The van der Waals surface area contributed by atoms with Gasteiger partial charge in [-0.15, -0.1) is 0 Å². The van der Waals surface area contributed by atoms with Crippen LogP contribution >= 0.6 is 0 Å². The van der Waals surface area contributed by atoms with E-state index in [4.69, 9.17) is 0 Å². The lowest BCUT2D eigenvalue weighted by Crippen LogP contribution is -2.71. The normalized spacial score (nSPS) is 15.1. The predicted molar refractivity (Wildman–Crippen MR) is 87.2 cm³/mol. The van der Waals surface area contributed by atoms with E-state index in [0.717, 1.165) is 25.1 Å². The molecule has 0 saturated heterocycles. The van der Waals surface area contributed by atoms with Crippen molar-refractivity contribution in [2.24, 2.45) is 0 Å². The molecule has 0 heterocycles. The van der Waals surface area contributed by atoms with Crippen LogP contribution in [0.15, 0.2) is 24.3 Å². The van der Waals surface area contributed by atoms with Crippen molar-refractivity contribution in [1.82, 2.24) is 0 Å². The summed E-state index contributed by atoms with van der Waals surface area (Å²) in [7, 11) is -25.3. The molecule has 0 fully saturated rings. The molecule has 19 heteroatoms. The molecular formula is C12H10F9NO6S3. The van der Waals surface area contributed by atoms with E-state index in [1.165, 1.54) is 0 Å². The number of alkyl halides is 9. The number of rotatable bonds is 5. The summed E-state index contributed by atoms with van der Waals surface area (Å²) in [6.45, 7) is 0.831. The zero-order chi connectivity index (χ0) is 25.1. The second kappa shape index (κ2) is 7.39. The molecule has 0 aliphatic rings. The third kappa shape index (κ3) is 3.62. The topological polar surface area (TPSA) is 106 Å². The van der Waals surface area contributed by atoms with E-state index in [1.54, 1.807) is 0 Å². The van der Waals surface area contributed by atoms with Gasteiger partial charge in [0.05, 0.1) is 0 Å². The Morgan fingerprint density at radius 3 is 1.19 bits per heavy atom. The maximum Gasteiger partial charge on any atom is 0.501 e. The zero-order valence-corrected chi connectivity index (χ0v) is 17.3. The largest absolute Gasteiger partial charge is 0.501 e. The quantitative estimate of drug-likeness (QED) is 0.538. The van der Waals surface area contributed by atoms with Crippen LogP contribution in [0.25, 0.3) is 0 Å². The van der Waals surface area contributed by atoms with Crippen molar-refractivity contribution in [3.63, 3.8) is 0 Å². The Bertz CT molecular complexity index is 1060. The lowest BCUT2D eigenvalue weighted by Gasteiger charge is -2.41. The van der Waals surface area contributed by atoms with Crippen molar-refractivity contribution in [3.05, 3.63) is 29.8 Å². The van der Waals surface area contributed by atoms with Gasteiger partial charge in [-0.2, -0.15) is 39.5 Å². The van der Waals surface area contributed by atoms with Crippen LogP contribution in [-0.4, -0.2) is 52.4 Å². The maximum atomic E-state index is 13.3. The van der Waals surface area contributed by atoms with Crippen LogP contribution in [0.5, 0.6) is 0 Å². The summed E-state index contributed by atoms with van der Waals surface area (Å²) in [5.41, 5.74) is -23.4. The average Bonchev–Trinajstić information content (AvgIpc) is 2.51. The van der Waals surface area contributed by atoms with E-state index in [-0.39, 0.29) is 7.05 Å². The first kappa shape index (κ1) is 27.3. The number of anilines is 1. The van der Waals surface area contributed by atoms with Gasteiger partial charge in [-0.05, 0) is 18.6 Å². The van der Waals surface area contributed by atoms with Gasteiger partial charge in [-0.3, -0.25) is 0 Å². The lowest BCUT2D eigenvalue weighted by atomic mass is 10.2. The molecule has 0 aliphatic heterocycles. The number of hydrogen-bond donors (Lipinski definition) is 0. The van der Waals surface area contributed by atoms with Crippen molar-refractivity contribution < 1.29 is 64.8 Å². The van der Waals surface area contributed by atoms with Gasteiger partial charge >= 0.3 is 49.6 Å².